The molecule has 14 atom stereocenters. The first kappa shape index (κ1) is 44.2. The third-order valence-corrected chi connectivity index (χ3v) is 13.4. The van der Waals surface area contributed by atoms with Gasteiger partial charge in [0.25, 0.3) is 0 Å². The van der Waals surface area contributed by atoms with Crippen LogP contribution in [0.3, 0.4) is 0 Å². The summed E-state index contributed by atoms with van der Waals surface area (Å²) in [7, 11) is 3.87. The number of carbonyl (C=O) groups is 2. The first-order chi connectivity index (χ1) is 28.5. The highest BCUT2D eigenvalue weighted by atomic mass is 16.7. The van der Waals surface area contributed by atoms with Gasteiger partial charge in [0.2, 0.25) is 0 Å². The Kier molecular flexibility index (Phi) is 13.1. The van der Waals surface area contributed by atoms with E-state index in [2.05, 4.69) is 34.0 Å². The summed E-state index contributed by atoms with van der Waals surface area (Å²) in [4.78, 5) is 56.0. The Morgan fingerprint density at radius 3 is 2.57 bits per heavy atom. The number of carbonyl (C=O) groups excluding carboxylic acids is 2. The monoisotopic (exact) mass is 837 g/mol. The smallest absolute Gasteiger partial charge is 0.410 e. The van der Waals surface area contributed by atoms with Gasteiger partial charge in [-0.1, -0.05) is 32.9 Å². The minimum absolute atomic E-state index is 0.000467. The zero-order valence-electron chi connectivity index (χ0n) is 36.6. The molecule has 0 aromatic carbocycles. The predicted molar refractivity (Wildman–Crippen MR) is 220 cm³/mol. The zero-order valence-corrected chi connectivity index (χ0v) is 36.6. The molecule has 330 valence electrons. The Bertz CT molecular complexity index is 1930. The predicted octanol–water partition coefficient (Wildman–Crippen LogP) is 4.19. The Labute approximate surface area is 352 Å². The number of aliphatic imine (C=N–C) groups is 1. The Balaban J connectivity index is 1.30. The van der Waals surface area contributed by atoms with Crippen molar-refractivity contribution in [2.45, 2.75) is 141 Å². The van der Waals surface area contributed by atoms with Crippen LogP contribution in [0, 0.1) is 23.7 Å². The summed E-state index contributed by atoms with van der Waals surface area (Å²) in [5, 5.41) is 16.3. The molecule has 2 aromatic rings. The number of hydrogen-bond acceptors (Lipinski definition) is 16. The van der Waals surface area contributed by atoms with E-state index in [9.17, 15) is 14.7 Å². The number of amides is 1. The largest absolute Gasteiger partial charge is 0.458 e. The molecular weight excluding hydrogens is 775 g/mol. The topological polar surface area (TPSA) is 189 Å². The molecular formula is C43H63N7O10. The van der Waals surface area contributed by atoms with Gasteiger partial charge in [-0.2, -0.15) is 0 Å². The van der Waals surface area contributed by atoms with Gasteiger partial charge in [-0.15, -0.1) is 0 Å². The third-order valence-electron chi connectivity index (χ3n) is 13.4. The number of nitrogens with zero attached hydrogens (tertiary/aromatic N) is 7. The number of cyclic esters (lactones) is 1. The molecule has 4 bridgehead atoms. The number of aliphatic hydroxyl groups excluding tert-OH is 1. The molecule has 5 aliphatic heterocycles. The van der Waals surface area contributed by atoms with E-state index < -0.39 is 71.8 Å². The zero-order chi connectivity index (χ0) is 43.1. The van der Waals surface area contributed by atoms with E-state index in [0.29, 0.717) is 54.9 Å². The van der Waals surface area contributed by atoms with Crippen LogP contribution in [0.4, 0.5) is 4.79 Å². The molecule has 4 saturated heterocycles. The molecule has 0 unspecified atom stereocenters. The summed E-state index contributed by atoms with van der Waals surface area (Å²) in [6.45, 7) is 16.5. The van der Waals surface area contributed by atoms with Crippen LogP contribution < -0.4 is 0 Å². The molecule has 0 spiro atoms. The van der Waals surface area contributed by atoms with Crippen LogP contribution in [0.1, 0.15) is 80.3 Å². The van der Waals surface area contributed by atoms with Crippen LogP contribution >= 0.6 is 0 Å². The van der Waals surface area contributed by atoms with E-state index in [0.717, 1.165) is 5.71 Å². The summed E-state index contributed by atoms with van der Waals surface area (Å²) in [6, 6.07) is 2.97. The van der Waals surface area contributed by atoms with Gasteiger partial charge >= 0.3 is 12.1 Å². The van der Waals surface area contributed by atoms with Gasteiger partial charge < -0.3 is 43.3 Å². The average Bonchev–Trinajstić information content (AvgIpc) is 3.36. The van der Waals surface area contributed by atoms with Crippen molar-refractivity contribution in [2.24, 2.45) is 33.8 Å². The van der Waals surface area contributed by atoms with E-state index in [1.54, 1.807) is 24.2 Å². The first-order valence-electron chi connectivity index (χ1n) is 21.4. The molecule has 60 heavy (non-hydrogen) atoms. The molecule has 17 nitrogen and oxygen atoms in total. The van der Waals surface area contributed by atoms with Crippen LogP contribution in [0.25, 0.3) is 11.2 Å². The molecule has 2 aromatic heterocycles. The fourth-order valence-electron chi connectivity index (χ4n) is 10.4. The summed E-state index contributed by atoms with van der Waals surface area (Å²) >= 11 is 0. The fourth-order valence-corrected chi connectivity index (χ4v) is 10.4. The van der Waals surface area contributed by atoms with E-state index in [1.807, 2.05) is 65.7 Å². The van der Waals surface area contributed by atoms with Crippen LogP contribution in [-0.2, 0) is 44.7 Å². The Morgan fingerprint density at radius 2 is 1.82 bits per heavy atom. The van der Waals surface area contributed by atoms with Gasteiger partial charge in [0, 0.05) is 42.5 Å². The quantitative estimate of drug-likeness (QED) is 0.309. The van der Waals surface area contributed by atoms with E-state index in [-0.39, 0.29) is 43.8 Å². The molecule has 0 saturated carbocycles. The molecule has 17 heteroatoms. The number of aromatic nitrogens is 3. The van der Waals surface area contributed by atoms with Gasteiger partial charge in [-0.05, 0) is 79.1 Å². The minimum atomic E-state index is -1.14. The highest BCUT2D eigenvalue weighted by molar-refractivity contribution is 5.91. The maximum atomic E-state index is 14.5. The number of esters is 1. The second-order valence-corrected chi connectivity index (χ2v) is 18.0. The molecule has 4 fully saturated rings. The normalized spacial score (nSPS) is 39.9. The van der Waals surface area contributed by atoms with Crippen molar-refractivity contribution in [3.05, 3.63) is 30.2 Å². The number of ether oxygens (including phenoxy) is 6. The van der Waals surface area contributed by atoms with Gasteiger partial charge in [0.15, 0.2) is 24.1 Å². The van der Waals surface area contributed by atoms with Crippen molar-refractivity contribution in [2.75, 3.05) is 40.4 Å². The van der Waals surface area contributed by atoms with Crippen molar-refractivity contribution in [3.8, 4) is 0 Å². The Morgan fingerprint density at radius 1 is 1.05 bits per heavy atom. The van der Waals surface area contributed by atoms with Gasteiger partial charge in [0.05, 0.1) is 61.3 Å². The van der Waals surface area contributed by atoms with Crippen LogP contribution in [0.15, 0.2) is 34.7 Å². The minimum Gasteiger partial charge on any atom is -0.458 e. The molecule has 1 amide bonds. The van der Waals surface area contributed by atoms with Gasteiger partial charge in [-0.3, -0.25) is 19.7 Å². The lowest BCUT2D eigenvalue weighted by atomic mass is 9.72. The Hall–Kier alpha value is -3.87. The number of oxime groups is 1. The lowest BCUT2D eigenvalue weighted by Crippen LogP contribution is -2.60. The van der Waals surface area contributed by atoms with Crippen LogP contribution in [0.5, 0.6) is 0 Å². The highest BCUT2D eigenvalue weighted by Gasteiger charge is 2.60. The number of likely N-dealkylation sites (N-methyl/N-ethyl adjacent to an activating group) is 1. The van der Waals surface area contributed by atoms with Gasteiger partial charge in [-0.25, -0.2) is 14.8 Å². The number of aliphatic hydroxyl groups is 1. The molecule has 5 aliphatic rings. The average molecular weight is 838 g/mol. The molecule has 7 heterocycles. The number of fused-ring (bicyclic) bond motifs is 5. The summed E-state index contributed by atoms with van der Waals surface area (Å²) < 4.78 is 39.8. The van der Waals surface area contributed by atoms with Gasteiger partial charge in [0.1, 0.15) is 23.4 Å². The summed E-state index contributed by atoms with van der Waals surface area (Å²) in [5.41, 5.74) is 0.877. The molecule has 0 aliphatic carbocycles. The van der Waals surface area contributed by atoms with Crippen molar-refractivity contribution in [1.82, 2.24) is 24.8 Å². The molecule has 0 radical (unpaired) electrons. The number of pyridine rings is 1. The standard InChI is InChI=1S/C43H63N7O10/c1-11-32-43(8)36-25(4)33(45-16-17-50(36)41(53)60-43)23(2)19-42(7)37(59-40-34(51)31(49(9)10)18-24(3)57-40)26(5)35(27(6)39(52)58-32)54-20-29(21-55-42)48-56-22-28-12-13-30-38(47-28)46-15-14-44-30/h12-15,23-27,31-32,34-37,40,51H,11,16-22H2,1-10H3/b48-29+/t23-,24+,25+,26+,27-,31-,32-,34+,35+,36-,37-,40-,42-,43-/m1/s1. The maximum Gasteiger partial charge on any atom is 0.410 e. The van der Waals surface area contributed by atoms with Crippen LogP contribution in [-0.4, -0.2) is 154 Å². The number of rotatable bonds is 7. The SMILES string of the molecule is CC[C@H]1OC(=O)[C@H](C)[C@H]2OC/C(=N\OCc3ccc4nccnc4n3)CO[C@](C)(C[C@@H](C)C3=NCCN4C(=O)O[C@@]1(C)[C@H]4[C@H]3C)[C@H](O[C@H]1O[C@@H](C)C[C@@H](N(C)C)[C@@H]1O)[C@H]2C. The fraction of sp³-hybridized carbons (Fsp3) is 0.744. The highest BCUT2D eigenvalue weighted by Crippen LogP contribution is 2.45. The lowest BCUT2D eigenvalue weighted by molar-refractivity contribution is -0.302. The van der Waals surface area contributed by atoms with Crippen LogP contribution in [0.2, 0.25) is 0 Å². The second-order valence-electron chi connectivity index (χ2n) is 18.0. The summed E-state index contributed by atoms with van der Waals surface area (Å²) in [6.07, 6.45) is -0.342. The first-order valence-corrected chi connectivity index (χ1v) is 21.4. The van der Waals surface area contributed by atoms with E-state index in [4.69, 9.17) is 38.3 Å². The maximum absolute atomic E-state index is 14.5. The third kappa shape index (κ3) is 8.62. The van der Waals surface area contributed by atoms with Crippen molar-refractivity contribution in [1.29, 1.82) is 0 Å². The lowest BCUT2D eigenvalue weighted by Gasteiger charge is -2.48. The van der Waals surface area contributed by atoms with Crippen molar-refractivity contribution in [3.63, 3.8) is 0 Å². The summed E-state index contributed by atoms with van der Waals surface area (Å²) in [5.74, 6) is -2.32. The number of hydrogen-bond donors (Lipinski definition) is 1. The van der Waals surface area contributed by atoms with E-state index >= 15 is 0 Å². The molecule has 1 N–H and O–H groups in total. The second kappa shape index (κ2) is 17.8. The molecule has 7 rings (SSSR count). The van der Waals surface area contributed by atoms with Crippen molar-refractivity contribution >= 4 is 34.6 Å². The van der Waals surface area contributed by atoms with E-state index in [1.165, 1.54) is 0 Å². The van der Waals surface area contributed by atoms with Crippen molar-refractivity contribution < 1.29 is 48.0 Å².